The predicted octanol–water partition coefficient (Wildman–Crippen LogP) is 6.86. The molecule has 0 unspecified atom stereocenters. The molecule has 0 bridgehead atoms. The number of hydrogen-bond donors (Lipinski definition) is 0. The molecule has 0 fully saturated rings. The van der Waals surface area contributed by atoms with Crippen molar-refractivity contribution in [2.75, 3.05) is 0 Å². The molecule has 0 spiro atoms. The molecule has 0 amide bonds. The molecule has 29 heavy (non-hydrogen) atoms. The van der Waals surface area contributed by atoms with Gasteiger partial charge in [0.15, 0.2) is 0 Å². The zero-order valence-electron chi connectivity index (χ0n) is 16.9. The van der Waals surface area contributed by atoms with Crippen molar-refractivity contribution in [3.63, 3.8) is 0 Å². The number of fused-ring (bicyclic) bond motifs is 3. The quantitative estimate of drug-likeness (QED) is 0.288. The third-order valence-corrected chi connectivity index (χ3v) is 9.86. The van der Waals surface area contributed by atoms with Gasteiger partial charge in [-0.25, -0.2) is 0 Å². The molecule has 5 aromatic rings. The van der Waals surface area contributed by atoms with E-state index >= 15 is 0 Å². The average molecular weight is 438 g/mol. The topological polar surface area (TPSA) is 26.0 Å². The van der Waals surface area contributed by atoms with Crippen molar-refractivity contribution in [2.45, 2.75) is 17.3 Å². The van der Waals surface area contributed by atoms with Crippen LogP contribution < -0.4 is 4.40 Å². The molecular formula is C26H23GeNO. The molecule has 3 aromatic carbocycles. The van der Waals surface area contributed by atoms with Crippen molar-refractivity contribution in [2.24, 2.45) is 0 Å². The normalized spacial score (nSPS) is 12.0. The maximum absolute atomic E-state index is 6.49. The van der Waals surface area contributed by atoms with Gasteiger partial charge in [0.25, 0.3) is 0 Å². The minimum absolute atomic E-state index is 0.898. The van der Waals surface area contributed by atoms with E-state index in [9.17, 15) is 0 Å². The van der Waals surface area contributed by atoms with Gasteiger partial charge < -0.3 is 0 Å². The molecule has 0 aliphatic carbocycles. The van der Waals surface area contributed by atoms with Crippen LogP contribution in [-0.4, -0.2) is 18.3 Å². The summed E-state index contributed by atoms with van der Waals surface area (Å²) >= 11 is -1.82. The van der Waals surface area contributed by atoms with Crippen LogP contribution in [0.4, 0.5) is 0 Å². The van der Waals surface area contributed by atoms with Crippen molar-refractivity contribution in [3.8, 4) is 22.4 Å². The average Bonchev–Trinajstić information content (AvgIpc) is 3.13. The maximum atomic E-state index is 6.49. The van der Waals surface area contributed by atoms with Crippen molar-refractivity contribution in [1.29, 1.82) is 0 Å². The summed E-state index contributed by atoms with van der Waals surface area (Å²) in [5.41, 5.74) is 6.13. The third-order valence-electron chi connectivity index (χ3n) is 5.53. The van der Waals surface area contributed by atoms with E-state index in [4.69, 9.17) is 4.42 Å². The SMILES string of the molecule is [CH3][Ge]([CH3])([CH3])[c]1ccc(-c2cccc3c2oc2c(-c4ccccn4)cccc23)cc1. The van der Waals surface area contributed by atoms with Crippen molar-refractivity contribution in [1.82, 2.24) is 4.98 Å². The van der Waals surface area contributed by atoms with E-state index in [2.05, 4.69) is 82.9 Å². The first-order valence-corrected chi connectivity index (χ1v) is 17.3. The van der Waals surface area contributed by atoms with E-state index < -0.39 is 13.3 Å². The van der Waals surface area contributed by atoms with Gasteiger partial charge in [-0.1, -0.05) is 0 Å². The van der Waals surface area contributed by atoms with Crippen molar-refractivity contribution >= 4 is 39.6 Å². The van der Waals surface area contributed by atoms with Gasteiger partial charge in [-0.3, -0.25) is 0 Å². The Bertz CT molecular complexity index is 1310. The van der Waals surface area contributed by atoms with Crippen LogP contribution in [0.1, 0.15) is 0 Å². The van der Waals surface area contributed by atoms with Crippen LogP contribution in [0.3, 0.4) is 0 Å². The Labute approximate surface area is 173 Å². The monoisotopic (exact) mass is 439 g/mol. The fourth-order valence-corrected chi connectivity index (χ4v) is 6.37. The Kier molecular flexibility index (Phi) is 4.32. The standard InChI is InChI=1S/C26H23GeNO/c1-27(2,3)19-15-13-18(14-16-19)20-8-6-9-21-22-10-7-11-23(26(22)29-25(20)21)24-12-4-5-17-28-24/h4-17H,1-3H3. The van der Waals surface area contributed by atoms with Crippen LogP contribution >= 0.6 is 0 Å². The summed E-state index contributed by atoms with van der Waals surface area (Å²) in [4.78, 5) is 4.53. The van der Waals surface area contributed by atoms with Crippen molar-refractivity contribution < 1.29 is 4.42 Å². The summed E-state index contributed by atoms with van der Waals surface area (Å²) in [6.07, 6.45) is 1.82. The summed E-state index contributed by atoms with van der Waals surface area (Å²) in [7, 11) is 0. The van der Waals surface area contributed by atoms with Gasteiger partial charge in [0.05, 0.1) is 0 Å². The number of nitrogens with zero attached hydrogens (tertiary/aromatic N) is 1. The molecule has 0 aliphatic rings. The Balaban J connectivity index is 1.73. The number of aromatic nitrogens is 1. The zero-order chi connectivity index (χ0) is 20.0. The van der Waals surface area contributed by atoms with Gasteiger partial charge in [-0.15, -0.1) is 0 Å². The van der Waals surface area contributed by atoms with Gasteiger partial charge in [-0.05, 0) is 6.07 Å². The number of furan rings is 1. The third kappa shape index (κ3) is 3.18. The second kappa shape index (κ2) is 6.89. The molecule has 5 rings (SSSR count). The van der Waals surface area contributed by atoms with E-state index in [0.717, 1.165) is 38.8 Å². The van der Waals surface area contributed by atoms with E-state index in [1.807, 2.05) is 24.4 Å². The van der Waals surface area contributed by atoms with Crippen LogP contribution in [-0.2, 0) is 0 Å². The minimum atomic E-state index is -1.82. The first-order valence-electron chi connectivity index (χ1n) is 9.99. The molecule has 3 heteroatoms. The number of pyridine rings is 1. The zero-order valence-corrected chi connectivity index (χ0v) is 19.0. The van der Waals surface area contributed by atoms with E-state index in [1.165, 1.54) is 9.96 Å². The Hall–Kier alpha value is -2.85. The molecule has 0 saturated carbocycles. The first kappa shape index (κ1) is 18.2. The second-order valence-corrected chi connectivity index (χ2v) is 19.2. The molecule has 2 heterocycles. The van der Waals surface area contributed by atoms with Gasteiger partial charge in [0.2, 0.25) is 0 Å². The van der Waals surface area contributed by atoms with Crippen LogP contribution in [0.15, 0.2) is 89.5 Å². The predicted molar refractivity (Wildman–Crippen MR) is 125 cm³/mol. The summed E-state index contributed by atoms with van der Waals surface area (Å²) in [5.74, 6) is 7.27. The molecule has 0 radical (unpaired) electrons. The molecule has 2 nitrogen and oxygen atoms in total. The molecule has 0 N–H and O–H groups in total. The number of para-hydroxylation sites is 2. The Morgan fingerprint density at radius 3 is 1.93 bits per heavy atom. The fraction of sp³-hybridized carbons (Fsp3) is 0.115. The Morgan fingerprint density at radius 2 is 1.31 bits per heavy atom. The van der Waals surface area contributed by atoms with Gasteiger partial charge >= 0.3 is 168 Å². The molecule has 142 valence electrons. The molecule has 0 aliphatic heterocycles. The number of hydrogen-bond acceptors (Lipinski definition) is 2. The van der Waals surface area contributed by atoms with E-state index in [1.54, 1.807) is 0 Å². The van der Waals surface area contributed by atoms with Crippen LogP contribution in [0.2, 0.25) is 17.3 Å². The number of rotatable bonds is 3. The second-order valence-electron chi connectivity index (χ2n) is 8.51. The molecule has 0 saturated heterocycles. The summed E-state index contributed by atoms with van der Waals surface area (Å²) in [5, 5.41) is 2.28. The van der Waals surface area contributed by atoms with Crippen molar-refractivity contribution in [3.05, 3.63) is 85.1 Å². The summed E-state index contributed by atoms with van der Waals surface area (Å²) in [6.45, 7) is 0. The molecule has 2 aromatic heterocycles. The van der Waals surface area contributed by atoms with Crippen LogP contribution in [0.25, 0.3) is 44.3 Å². The van der Waals surface area contributed by atoms with E-state index in [0.29, 0.717) is 0 Å². The van der Waals surface area contributed by atoms with Gasteiger partial charge in [0, 0.05) is 0 Å². The van der Waals surface area contributed by atoms with Crippen LogP contribution in [0.5, 0.6) is 0 Å². The van der Waals surface area contributed by atoms with Gasteiger partial charge in [0.1, 0.15) is 0 Å². The molecule has 0 atom stereocenters. The first-order chi connectivity index (χ1) is 14.0. The van der Waals surface area contributed by atoms with Crippen LogP contribution in [0, 0.1) is 0 Å². The van der Waals surface area contributed by atoms with E-state index in [-0.39, 0.29) is 0 Å². The number of benzene rings is 3. The fourth-order valence-electron chi connectivity index (χ4n) is 3.92. The summed E-state index contributed by atoms with van der Waals surface area (Å²) < 4.78 is 8.01. The summed E-state index contributed by atoms with van der Waals surface area (Å²) in [6, 6.07) is 27.8. The van der Waals surface area contributed by atoms with Gasteiger partial charge in [-0.2, -0.15) is 0 Å². The Morgan fingerprint density at radius 1 is 0.655 bits per heavy atom. The molecular weight excluding hydrogens is 415 g/mol.